The van der Waals surface area contributed by atoms with Crippen molar-refractivity contribution in [2.45, 2.75) is 63.8 Å². The van der Waals surface area contributed by atoms with Gasteiger partial charge in [-0.05, 0) is 31.4 Å². The Bertz CT molecular complexity index is 887. The van der Waals surface area contributed by atoms with Gasteiger partial charge in [0.2, 0.25) is 0 Å². The first-order chi connectivity index (χ1) is 12.5. The highest BCUT2D eigenvalue weighted by atomic mass is 31.2. The maximum atomic E-state index is 12.7. The van der Waals surface area contributed by atoms with Gasteiger partial charge in [-0.3, -0.25) is 9.13 Å². The number of aryl methyl sites for hydroxylation is 1. The molecule has 0 amide bonds. The van der Waals surface area contributed by atoms with Crippen molar-refractivity contribution in [3.63, 3.8) is 0 Å². The number of fused-ring (bicyclic) bond motifs is 1. The molecule has 1 aromatic heterocycles. The maximum absolute atomic E-state index is 12.7. The van der Waals surface area contributed by atoms with Crippen LogP contribution in [0, 0.1) is 0 Å². The first-order valence-corrected chi connectivity index (χ1v) is 12.3. The molecule has 0 bridgehead atoms. The summed E-state index contributed by atoms with van der Waals surface area (Å²) >= 11 is 0. The van der Waals surface area contributed by atoms with Crippen LogP contribution in [-0.2, 0) is 21.1 Å². The van der Waals surface area contributed by atoms with Crippen molar-refractivity contribution in [3.05, 3.63) is 30.1 Å². The highest BCUT2D eigenvalue weighted by Gasteiger charge is 2.70. The monoisotopic (exact) mass is 418 g/mol. The summed E-state index contributed by atoms with van der Waals surface area (Å²) < 4.78 is 27.1. The smallest absolute Gasteiger partial charge is 0.324 e. The summed E-state index contributed by atoms with van der Waals surface area (Å²) in [5.74, 6) is 0.541. The summed E-state index contributed by atoms with van der Waals surface area (Å²) in [4.78, 5) is 43.1. The van der Waals surface area contributed by atoms with Crippen LogP contribution in [0.25, 0.3) is 11.0 Å². The SMILES string of the molecule is CCc1nc2ccccc2n1C(CC)(CC)C(CC)(P(=O)(O)O)P(=O)(O)O. The molecule has 0 atom stereocenters. The predicted molar refractivity (Wildman–Crippen MR) is 105 cm³/mol. The fourth-order valence-corrected chi connectivity index (χ4v) is 8.65. The molecular formula is C17H28N2O6P2. The normalized spacial score (nSPS) is 14.1. The lowest BCUT2D eigenvalue weighted by atomic mass is 9.85. The average Bonchev–Trinajstić information content (AvgIpc) is 2.96. The molecule has 0 saturated heterocycles. The minimum Gasteiger partial charge on any atom is -0.324 e. The molecule has 152 valence electrons. The lowest BCUT2D eigenvalue weighted by molar-refractivity contribution is 0.163. The van der Waals surface area contributed by atoms with Gasteiger partial charge in [-0.1, -0.05) is 39.8 Å². The molecule has 1 aromatic carbocycles. The van der Waals surface area contributed by atoms with E-state index in [9.17, 15) is 28.7 Å². The lowest BCUT2D eigenvalue weighted by Gasteiger charge is -2.50. The van der Waals surface area contributed by atoms with Gasteiger partial charge in [0.1, 0.15) is 5.82 Å². The van der Waals surface area contributed by atoms with Gasteiger partial charge in [0, 0.05) is 6.42 Å². The molecule has 10 heteroatoms. The Morgan fingerprint density at radius 1 is 0.926 bits per heavy atom. The van der Waals surface area contributed by atoms with Gasteiger partial charge in [-0.25, -0.2) is 4.98 Å². The molecule has 27 heavy (non-hydrogen) atoms. The van der Waals surface area contributed by atoms with Crippen LogP contribution in [0.5, 0.6) is 0 Å². The fraction of sp³-hybridized carbons (Fsp3) is 0.588. The molecule has 0 saturated carbocycles. The third-order valence-electron chi connectivity index (χ3n) is 5.75. The quantitative estimate of drug-likeness (QED) is 0.482. The molecule has 0 aliphatic rings. The first-order valence-electron chi connectivity index (χ1n) is 9.05. The Morgan fingerprint density at radius 2 is 1.44 bits per heavy atom. The zero-order chi connectivity index (χ0) is 20.7. The molecule has 4 N–H and O–H groups in total. The Balaban J connectivity index is 3.11. The average molecular weight is 418 g/mol. The number of imidazole rings is 1. The summed E-state index contributed by atoms with van der Waals surface area (Å²) in [6.45, 7) is 6.68. The fourth-order valence-electron chi connectivity index (χ4n) is 4.56. The van der Waals surface area contributed by atoms with Crippen LogP contribution < -0.4 is 0 Å². The second-order valence-electron chi connectivity index (χ2n) is 6.70. The van der Waals surface area contributed by atoms with Crippen LogP contribution in [0.15, 0.2) is 24.3 Å². The van der Waals surface area contributed by atoms with Crippen LogP contribution in [0.2, 0.25) is 0 Å². The summed E-state index contributed by atoms with van der Waals surface area (Å²) in [5.41, 5.74) is -0.277. The molecule has 1 heterocycles. The van der Waals surface area contributed by atoms with E-state index < -0.39 is 25.6 Å². The highest BCUT2D eigenvalue weighted by Crippen LogP contribution is 2.77. The van der Waals surface area contributed by atoms with E-state index in [2.05, 4.69) is 4.98 Å². The number of aromatic nitrogens is 2. The molecule has 0 fully saturated rings. The zero-order valence-corrected chi connectivity index (χ0v) is 17.8. The van der Waals surface area contributed by atoms with Crippen molar-refractivity contribution in [1.29, 1.82) is 0 Å². The van der Waals surface area contributed by atoms with Crippen molar-refractivity contribution >= 4 is 26.2 Å². The second-order valence-corrected chi connectivity index (χ2v) is 10.8. The van der Waals surface area contributed by atoms with Crippen molar-refractivity contribution < 1.29 is 28.7 Å². The highest BCUT2D eigenvalue weighted by molar-refractivity contribution is 7.72. The van der Waals surface area contributed by atoms with Gasteiger partial charge in [0.05, 0.1) is 16.6 Å². The molecular weight excluding hydrogens is 390 g/mol. The number of benzene rings is 1. The Hall–Kier alpha value is -1.01. The van der Waals surface area contributed by atoms with E-state index in [1.807, 2.05) is 6.92 Å². The topological polar surface area (TPSA) is 133 Å². The van der Waals surface area contributed by atoms with Crippen LogP contribution in [-0.4, -0.2) is 34.0 Å². The molecule has 0 aliphatic carbocycles. The predicted octanol–water partition coefficient (Wildman–Crippen LogP) is 3.58. The standard InChI is InChI=1S/C17H28N2O6P2/c1-5-15-18-13-11-9-10-12-14(13)19(15)16(6-2,7-3)17(8-4,26(20,21)22)27(23,24)25/h9-12H,5-8H2,1-4H3,(H2,20,21,22)(H2,23,24,25). The van der Waals surface area contributed by atoms with Crippen LogP contribution in [0.4, 0.5) is 0 Å². The second kappa shape index (κ2) is 7.43. The molecule has 0 unspecified atom stereocenters. The van der Waals surface area contributed by atoms with Gasteiger partial charge in [-0.15, -0.1) is 0 Å². The van der Waals surface area contributed by atoms with Crippen LogP contribution >= 0.6 is 15.2 Å². The molecule has 2 aromatic rings. The van der Waals surface area contributed by atoms with Gasteiger partial charge >= 0.3 is 15.2 Å². The molecule has 0 spiro atoms. The Labute approximate surface area is 159 Å². The van der Waals surface area contributed by atoms with E-state index >= 15 is 0 Å². The van der Waals surface area contributed by atoms with Crippen molar-refractivity contribution in [1.82, 2.24) is 9.55 Å². The van der Waals surface area contributed by atoms with Gasteiger partial charge in [-0.2, -0.15) is 0 Å². The van der Waals surface area contributed by atoms with Crippen molar-refractivity contribution in [3.8, 4) is 0 Å². The Kier molecular flexibility index (Phi) is 6.13. The number of rotatable bonds is 8. The minimum atomic E-state index is -5.24. The number of para-hydroxylation sites is 2. The van der Waals surface area contributed by atoms with E-state index in [0.717, 1.165) is 0 Å². The van der Waals surface area contributed by atoms with E-state index in [-0.39, 0.29) is 19.3 Å². The maximum Gasteiger partial charge on any atom is 0.346 e. The number of hydrogen-bond acceptors (Lipinski definition) is 3. The summed E-state index contributed by atoms with van der Waals surface area (Å²) in [7, 11) is -10.5. The molecule has 8 nitrogen and oxygen atoms in total. The van der Waals surface area contributed by atoms with Crippen molar-refractivity contribution in [2.75, 3.05) is 0 Å². The van der Waals surface area contributed by atoms with Crippen LogP contribution in [0.1, 0.15) is 52.8 Å². The third-order valence-corrected chi connectivity index (χ3v) is 10.7. The van der Waals surface area contributed by atoms with E-state index in [1.54, 1.807) is 42.7 Å². The van der Waals surface area contributed by atoms with Gasteiger partial charge < -0.3 is 24.1 Å². The van der Waals surface area contributed by atoms with Crippen LogP contribution in [0.3, 0.4) is 0 Å². The minimum absolute atomic E-state index is 0.126. The summed E-state index contributed by atoms with van der Waals surface area (Å²) in [5, 5.41) is 0. The number of nitrogens with zero attached hydrogens (tertiary/aromatic N) is 2. The van der Waals surface area contributed by atoms with E-state index in [4.69, 9.17) is 0 Å². The van der Waals surface area contributed by atoms with E-state index in [0.29, 0.717) is 23.3 Å². The van der Waals surface area contributed by atoms with Gasteiger partial charge in [0.15, 0.2) is 4.90 Å². The largest absolute Gasteiger partial charge is 0.346 e. The number of hydrogen-bond donors (Lipinski definition) is 4. The molecule has 0 radical (unpaired) electrons. The van der Waals surface area contributed by atoms with Gasteiger partial charge in [0.25, 0.3) is 0 Å². The summed E-state index contributed by atoms with van der Waals surface area (Å²) in [6, 6.07) is 7.13. The first kappa shape index (κ1) is 22.3. The lowest BCUT2D eigenvalue weighted by Crippen LogP contribution is -2.54. The zero-order valence-electron chi connectivity index (χ0n) is 16.0. The molecule has 0 aliphatic heterocycles. The summed E-state index contributed by atoms with van der Waals surface area (Å²) in [6.07, 6.45) is 0.333. The third kappa shape index (κ3) is 3.03. The van der Waals surface area contributed by atoms with E-state index in [1.165, 1.54) is 6.92 Å². The molecule has 2 rings (SSSR count). The van der Waals surface area contributed by atoms with Crippen molar-refractivity contribution in [2.24, 2.45) is 0 Å². The Morgan fingerprint density at radius 3 is 1.85 bits per heavy atom.